The number of anilines is 1. The van der Waals surface area contributed by atoms with Crippen molar-refractivity contribution in [2.24, 2.45) is 5.14 Å². The van der Waals surface area contributed by atoms with Crippen molar-refractivity contribution < 1.29 is 17.2 Å². The number of nitrogens with one attached hydrogen (secondary N) is 1. The molecule has 0 fully saturated rings. The zero-order chi connectivity index (χ0) is 15.6. The quantitative estimate of drug-likeness (QED) is 0.912. The van der Waals surface area contributed by atoms with Crippen molar-refractivity contribution >= 4 is 15.7 Å². The molecule has 0 aromatic heterocycles. The molecule has 2 aromatic carbocycles. The first-order chi connectivity index (χ1) is 9.75. The van der Waals surface area contributed by atoms with E-state index >= 15 is 0 Å². The Hall–Kier alpha value is -1.99. The Kier molecular flexibility index (Phi) is 4.24. The number of primary sulfonamides is 1. The normalized spacial score (nSPS) is 13.0. The molecule has 0 aliphatic heterocycles. The van der Waals surface area contributed by atoms with Gasteiger partial charge in [-0.05, 0) is 42.8 Å². The first-order valence-electron chi connectivity index (χ1n) is 6.11. The van der Waals surface area contributed by atoms with E-state index in [1.165, 1.54) is 30.3 Å². The fourth-order valence-electron chi connectivity index (χ4n) is 1.92. The number of nitrogens with two attached hydrogens (primary N) is 1. The van der Waals surface area contributed by atoms with Gasteiger partial charge in [-0.25, -0.2) is 22.3 Å². The van der Waals surface area contributed by atoms with Crippen molar-refractivity contribution in [3.63, 3.8) is 0 Å². The van der Waals surface area contributed by atoms with Gasteiger partial charge in [0.05, 0.1) is 4.90 Å². The van der Waals surface area contributed by atoms with Gasteiger partial charge in [0, 0.05) is 17.8 Å². The van der Waals surface area contributed by atoms with Crippen molar-refractivity contribution in [3.8, 4) is 0 Å². The lowest BCUT2D eigenvalue weighted by atomic mass is 10.1. The minimum Gasteiger partial charge on any atom is -0.378 e. The van der Waals surface area contributed by atoms with E-state index in [9.17, 15) is 17.2 Å². The van der Waals surface area contributed by atoms with Gasteiger partial charge in [0.2, 0.25) is 10.0 Å². The summed E-state index contributed by atoms with van der Waals surface area (Å²) in [7, 11) is -3.80. The SMILES string of the molecule is CC(Nc1cccc(S(N)(=O)=O)c1)c1cc(F)cc(F)c1. The van der Waals surface area contributed by atoms with Crippen LogP contribution in [0, 0.1) is 11.6 Å². The molecule has 0 bridgehead atoms. The van der Waals surface area contributed by atoms with E-state index in [-0.39, 0.29) is 4.90 Å². The summed E-state index contributed by atoms with van der Waals surface area (Å²) in [6.07, 6.45) is 0. The molecule has 1 atom stereocenters. The zero-order valence-electron chi connectivity index (χ0n) is 11.2. The van der Waals surface area contributed by atoms with Crippen molar-refractivity contribution in [3.05, 3.63) is 59.7 Å². The molecule has 0 radical (unpaired) electrons. The summed E-state index contributed by atoms with van der Waals surface area (Å²) in [6.45, 7) is 1.71. The maximum absolute atomic E-state index is 13.2. The minimum atomic E-state index is -3.80. The summed E-state index contributed by atoms with van der Waals surface area (Å²) in [5.74, 6) is -1.34. The highest BCUT2D eigenvalue weighted by atomic mass is 32.2. The molecule has 0 saturated carbocycles. The van der Waals surface area contributed by atoms with Crippen LogP contribution in [0.5, 0.6) is 0 Å². The fourth-order valence-corrected chi connectivity index (χ4v) is 2.48. The summed E-state index contributed by atoms with van der Waals surface area (Å²) in [4.78, 5) is -0.0369. The molecule has 7 heteroatoms. The van der Waals surface area contributed by atoms with Gasteiger partial charge in [-0.15, -0.1) is 0 Å². The molecule has 2 aromatic rings. The second-order valence-electron chi connectivity index (χ2n) is 4.64. The van der Waals surface area contributed by atoms with Crippen LogP contribution in [0.2, 0.25) is 0 Å². The summed E-state index contributed by atoms with van der Waals surface area (Å²) >= 11 is 0. The summed E-state index contributed by atoms with van der Waals surface area (Å²) in [6, 6.07) is 8.70. The molecular weight excluding hydrogens is 298 g/mol. The van der Waals surface area contributed by atoms with Crippen LogP contribution in [0.4, 0.5) is 14.5 Å². The third-order valence-corrected chi connectivity index (χ3v) is 3.84. The number of rotatable bonds is 4. The van der Waals surface area contributed by atoms with E-state index in [0.717, 1.165) is 6.07 Å². The molecule has 0 aliphatic rings. The lowest BCUT2D eigenvalue weighted by Crippen LogP contribution is -2.13. The van der Waals surface area contributed by atoms with Crippen molar-refractivity contribution in [2.75, 3.05) is 5.32 Å². The molecule has 2 rings (SSSR count). The van der Waals surface area contributed by atoms with Gasteiger partial charge in [-0.2, -0.15) is 0 Å². The molecule has 1 unspecified atom stereocenters. The Labute approximate surface area is 121 Å². The Morgan fingerprint density at radius 3 is 2.29 bits per heavy atom. The highest BCUT2D eigenvalue weighted by Gasteiger charge is 2.11. The van der Waals surface area contributed by atoms with Crippen LogP contribution >= 0.6 is 0 Å². The van der Waals surface area contributed by atoms with Crippen molar-refractivity contribution in [2.45, 2.75) is 17.9 Å². The molecule has 0 spiro atoms. The van der Waals surface area contributed by atoms with E-state index < -0.39 is 27.7 Å². The highest BCUT2D eigenvalue weighted by molar-refractivity contribution is 7.89. The maximum atomic E-state index is 13.2. The number of hydrogen-bond acceptors (Lipinski definition) is 3. The second-order valence-corrected chi connectivity index (χ2v) is 6.20. The lowest BCUT2D eigenvalue weighted by Gasteiger charge is -2.16. The van der Waals surface area contributed by atoms with Gasteiger partial charge in [-0.1, -0.05) is 6.07 Å². The monoisotopic (exact) mass is 312 g/mol. The minimum absolute atomic E-state index is 0.0369. The van der Waals surface area contributed by atoms with E-state index in [0.29, 0.717) is 11.3 Å². The summed E-state index contributed by atoms with van der Waals surface area (Å²) in [5, 5.41) is 8.02. The van der Waals surface area contributed by atoms with Crippen LogP contribution in [0.3, 0.4) is 0 Å². The van der Waals surface area contributed by atoms with Gasteiger partial charge >= 0.3 is 0 Å². The standard InChI is InChI=1S/C14H14F2N2O2S/c1-9(10-5-11(15)7-12(16)6-10)18-13-3-2-4-14(8-13)21(17,19)20/h2-9,18H,1H3,(H2,17,19,20). The maximum Gasteiger partial charge on any atom is 0.238 e. The second kappa shape index (κ2) is 5.79. The number of halogens is 2. The van der Waals surface area contributed by atoms with E-state index in [4.69, 9.17) is 5.14 Å². The van der Waals surface area contributed by atoms with E-state index in [2.05, 4.69) is 5.32 Å². The van der Waals surface area contributed by atoms with Crippen molar-refractivity contribution in [1.29, 1.82) is 0 Å². The first-order valence-corrected chi connectivity index (χ1v) is 7.66. The Balaban J connectivity index is 2.25. The van der Waals surface area contributed by atoms with Crippen LogP contribution in [0.25, 0.3) is 0 Å². The van der Waals surface area contributed by atoms with Crippen LogP contribution in [-0.2, 0) is 10.0 Å². The lowest BCUT2D eigenvalue weighted by molar-refractivity contribution is 0.577. The highest BCUT2D eigenvalue weighted by Crippen LogP contribution is 2.22. The molecule has 0 aliphatic carbocycles. The smallest absolute Gasteiger partial charge is 0.238 e. The molecule has 0 amide bonds. The zero-order valence-corrected chi connectivity index (χ0v) is 12.0. The number of benzene rings is 2. The topological polar surface area (TPSA) is 72.2 Å². The molecule has 21 heavy (non-hydrogen) atoms. The number of sulfonamides is 1. The number of hydrogen-bond donors (Lipinski definition) is 2. The molecule has 0 saturated heterocycles. The van der Waals surface area contributed by atoms with Crippen LogP contribution in [0.15, 0.2) is 47.4 Å². The predicted molar refractivity (Wildman–Crippen MR) is 76.2 cm³/mol. The average molecular weight is 312 g/mol. The molecular formula is C14H14F2N2O2S. The van der Waals surface area contributed by atoms with Gasteiger partial charge < -0.3 is 5.32 Å². The Morgan fingerprint density at radius 2 is 1.71 bits per heavy atom. The Bertz CT molecular complexity index is 743. The van der Waals surface area contributed by atoms with Gasteiger partial charge in [0.25, 0.3) is 0 Å². The third-order valence-electron chi connectivity index (χ3n) is 2.93. The average Bonchev–Trinajstić information content (AvgIpc) is 2.37. The molecule has 112 valence electrons. The molecule has 3 N–H and O–H groups in total. The molecule has 4 nitrogen and oxygen atoms in total. The fraction of sp³-hybridized carbons (Fsp3) is 0.143. The largest absolute Gasteiger partial charge is 0.378 e. The van der Waals surface area contributed by atoms with E-state index in [1.807, 2.05) is 0 Å². The predicted octanol–water partition coefficient (Wildman–Crippen LogP) is 2.79. The third kappa shape index (κ3) is 3.99. The van der Waals surface area contributed by atoms with Crippen LogP contribution in [0.1, 0.15) is 18.5 Å². The van der Waals surface area contributed by atoms with Gasteiger partial charge in [-0.3, -0.25) is 0 Å². The Morgan fingerprint density at radius 1 is 1.10 bits per heavy atom. The van der Waals surface area contributed by atoms with E-state index in [1.54, 1.807) is 13.0 Å². The van der Waals surface area contributed by atoms with Gasteiger partial charge in [0.15, 0.2) is 0 Å². The van der Waals surface area contributed by atoms with Crippen LogP contribution in [-0.4, -0.2) is 8.42 Å². The summed E-state index contributed by atoms with van der Waals surface area (Å²) < 4.78 is 48.9. The van der Waals surface area contributed by atoms with Crippen LogP contribution < -0.4 is 10.5 Å². The van der Waals surface area contributed by atoms with Crippen molar-refractivity contribution in [1.82, 2.24) is 0 Å². The first kappa shape index (κ1) is 15.4. The van der Waals surface area contributed by atoms with Gasteiger partial charge in [0.1, 0.15) is 11.6 Å². The summed E-state index contributed by atoms with van der Waals surface area (Å²) in [5.41, 5.74) is 0.896. The molecule has 0 heterocycles.